The van der Waals surface area contributed by atoms with Gasteiger partial charge in [0.1, 0.15) is 5.56 Å². The first-order valence-corrected chi connectivity index (χ1v) is 10.0. The molecule has 0 radical (unpaired) electrons. The zero-order valence-corrected chi connectivity index (χ0v) is 16.9. The lowest BCUT2D eigenvalue weighted by Gasteiger charge is -2.24. The average molecular weight is 389 g/mol. The van der Waals surface area contributed by atoms with Crippen molar-refractivity contribution in [3.05, 3.63) is 27.8 Å². The van der Waals surface area contributed by atoms with Gasteiger partial charge in [0, 0.05) is 40.0 Å². The third kappa shape index (κ3) is 5.64. The van der Waals surface area contributed by atoms with Crippen LogP contribution in [0.5, 0.6) is 11.5 Å². The highest BCUT2D eigenvalue weighted by Crippen LogP contribution is 2.37. The molecule has 1 aromatic rings. The van der Waals surface area contributed by atoms with Crippen LogP contribution in [0, 0.1) is 10.1 Å². The molecule has 0 aromatic heterocycles. The van der Waals surface area contributed by atoms with Crippen LogP contribution in [-0.4, -0.2) is 55.9 Å². The second-order valence-corrected chi connectivity index (χ2v) is 8.45. The molecule has 1 rings (SSSR count). The first kappa shape index (κ1) is 22.3. The Labute approximate surface area is 154 Å². The first-order valence-electron chi connectivity index (χ1n) is 8.10. The second-order valence-electron chi connectivity index (χ2n) is 5.36. The number of benzene rings is 1. The van der Waals surface area contributed by atoms with Gasteiger partial charge in [-0.25, -0.2) is 0 Å². The Morgan fingerprint density at radius 3 is 2.15 bits per heavy atom. The zero-order chi connectivity index (χ0) is 19.6. The summed E-state index contributed by atoms with van der Waals surface area (Å²) in [6.45, 7) is 0.483. The second kappa shape index (κ2) is 11.1. The van der Waals surface area contributed by atoms with E-state index in [1.165, 1.54) is 26.4 Å². The minimum atomic E-state index is -2.57. The summed E-state index contributed by atoms with van der Waals surface area (Å²) >= 11 is 0. The van der Waals surface area contributed by atoms with Crippen molar-refractivity contribution in [1.82, 2.24) is 0 Å². The Morgan fingerprint density at radius 2 is 1.65 bits per heavy atom. The standard InChI is InChI=1S/C16H27NO8Si/c1-20-15-9-8-14(17(18)19)13(16(15)21-2)12-25-10-6-7-11-26(22-3,23-4)24-5/h8-9H,6-7,10-12H2,1-5H3. The highest BCUT2D eigenvalue weighted by molar-refractivity contribution is 6.60. The van der Waals surface area contributed by atoms with Crippen LogP contribution in [-0.2, 0) is 24.6 Å². The van der Waals surface area contributed by atoms with Gasteiger partial charge >= 0.3 is 8.80 Å². The van der Waals surface area contributed by atoms with Crippen molar-refractivity contribution in [2.45, 2.75) is 25.5 Å². The molecular weight excluding hydrogens is 362 g/mol. The Hall–Kier alpha value is -1.72. The molecule has 26 heavy (non-hydrogen) atoms. The molecule has 0 N–H and O–H groups in total. The summed E-state index contributed by atoms with van der Waals surface area (Å²) in [6.07, 6.45) is 1.53. The summed E-state index contributed by atoms with van der Waals surface area (Å²) in [6, 6.07) is 3.56. The molecule has 0 unspecified atom stereocenters. The highest BCUT2D eigenvalue weighted by atomic mass is 28.4. The van der Waals surface area contributed by atoms with E-state index in [0.29, 0.717) is 29.7 Å². The lowest BCUT2D eigenvalue weighted by atomic mass is 10.1. The quantitative estimate of drug-likeness (QED) is 0.220. The number of hydrogen-bond donors (Lipinski definition) is 0. The molecule has 1 aromatic carbocycles. The SMILES string of the molecule is COc1ccc([N+](=O)[O-])c(COCCCC[Si](OC)(OC)OC)c1OC. The van der Waals surface area contributed by atoms with Crippen molar-refractivity contribution in [3.8, 4) is 11.5 Å². The highest BCUT2D eigenvalue weighted by Gasteiger charge is 2.36. The molecule has 0 atom stereocenters. The molecule has 9 nitrogen and oxygen atoms in total. The van der Waals surface area contributed by atoms with Crippen molar-refractivity contribution in [2.75, 3.05) is 42.2 Å². The number of rotatable bonds is 13. The Morgan fingerprint density at radius 1 is 1.00 bits per heavy atom. The van der Waals surface area contributed by atoms with E-state index in [2.05, 4.69) is 0 Å². The van der Waals surface area contributed by atoms with Gasteiger partial charge in [0.25, 0.3) is 5.69 Å². The molecule has 0 aliphatic heterocycles. The van der Waals surface area contributed by atoms with E-state index < -0.39 is 13.7 Å². The molecule has 0 saturated heterocycles. The van der Waals surface area contributed by atoms with Gasteiger partial charge in [-0.15, -0.1) is 0 Å². The zero-order valence-electron chi connectivity index (χ0n) is 15.9. The Balaban J connectivity index is 2.63. The molecule has 148 valence electrons. The minimum Gasteiger partial charge on any atom is -0.493 e. The first-order chi connectivity index (χ1) is 12.5. The number of ether oxygens (including phenoxy) is 3. The van der Waals surface area contributed by atoms with Crippen LogP contribution in [0.3, 0.4) is 0 Å². The summed E-state index contributed by atoms with van der Waals surface area (Å²) in [5.41, 5.74) is 0.290. The Kier molecular flexibility index (Phi) is 9.52. The van der Waals surface area contributed by atoms with E-state index in [0.717, 1.165) is 12.8 Å². The van der Waals surface area contributed by atoms with Crippen molar-refractivity contribution >= 4 is 14.5 Å². The molecule has 0 aliphatic carbocycles. The topological polar surface area (TPSA) is 98.5 Å². The van der Waals surface area contributed by atoms with Crippen molar-refractivity contribution in [1.29, 1.82) is 0 Å². The Bertz CT molecular complexity index is 571. The molecule has 0 heterocycles. The third-order valence-electron chi connectivity index (χ3n) is 4.02. The normalized spacial score (nSPS) is 11.4. The van der Waals surface area contributed by atoms with E-state index >= 15 is 0 Å². The van der Waals surface area contributed by atoms with Crippen LogP contribution in [0.2, 0.25) is 6.04 Å². The van der Waals surface area contributed by atoms with Gasteiger partial charge in [0.05, 0.1) is 25.7 Å². The molecule has 0 saturated carbocycles. The van der Waals surface area contributed by atoms with E-state index in [1.54, 1.807) is 21.3 Å². The van der Waals surface area contributed by atoms with Gasteiger partial charge in [0.15, 0.2) is 11.5 Å². The van der Waals surface area contributed by atoms with Crippen LogP contribution in [0.4, 0.5) is 5.69 Å². The molecule has 0 amide bonds. The largest absolute Gasteiger partial charge is 0.500 e. The summed E-state index contributed by atoms with van der Waals surface area (Å²) in [5, 5.41) is 11.3. The fraction of sp³-hybridized carbons (Fsp3) is 0.625. The lowest BCUT2D eigenvalue weighted by Crippen LogP contribution is -2.42. The van der Waals surface area contributed by atoms with Gasteiger partial charge in [-0.05, 0) is 18.9 Å². The fourth-order valence-corrected chi connectivity index (χ4v) is 4.36. The molecular formula is C16H27NO8Si. The predicted molar refractivity (Wildman–Crippen MR) is 96.7 cm³/mol. The van der Waals surface area contributed by atoms with Gasteiger partial charge in [-0.3, -0.25) is 10.1 Å². The number of nitro benzene ring substituents is 1. The van der Waals surface area contributed by atoms with Gasteiger partial charge in [0.2, 0.25) is 0 Å². The minimum absolute atomic E-state index is 0.0537. The number of methoxy groups -OCH3 is 2. The molecule has 0 fully saturated rings. The van der Waals surface area contributed by atoms with Gasteiger partial charge in [-0.2, -0.15) is 0 Å². The van der Waals surface area contributed by atoms with E-state index in [4.69, 9.17) is 27.5 Å². The third-order valence-corrected chi connectivity index (χ3v) is 6.85. The number of unbranched alkanes of at least 4 members (excludes halogenated alkanes) is 1. The van der Waals surface area contributed by atoms with Crippen LogP contribution in [0.1, 0.15) is 18.4 Å². The summed E-state index contributed by atoms with van der Waals surface area (Å²) in [7, 11) is 5.06. The number of nitro groups is 1. The maximum absolute atomic E-state index is 11.3. The molecule has 0 bridgehead atoms. The number of nitrogens with zero attached hydrogens (tertiary/aromatic N) is 1. The van der Waals surface area contributed by atoms with E-state index in [1.807, 2.05) is 0 Å². The summed E-state index contributed by atoms with van der Waals surface area (Å²) < 4.78 is 32.2. The van der Waals surface area contributed by atoms with Crippen molar-refractivity contribution < 1.29 is 32.4 Å². The lowest BCUT2D eigenvalue weighted by molar-refractivity contribution is -0.386. The smallest absolute Gasteiger partial charge is 0.493 e. The fourth-order valence-electron chi connectivity index (χ4n) is 2.57. The average Bonchev–Trinajstić information content (AvgIpc) is 2.67. The monoisotopic (exact) mass is 389 g/mol. The summed E-state index contributed by atoms with van der Waals surface area (Å²) in [5.74, 6) is 0.735. The predicted octanol–water partition coefficient (Wildman–Crippen LogP) is 2.79. The van der Waals surface area contributed by atoms with Crippen LogP contribution in [0.25, 0.3) is 0 Å². The molecule has 0 aliphatic rings. The maximum atomic E-state index is 11.3. The van der Waals surface area contributed by atoms with Crippen molar-refractivity contribution in [2.24, 2.45) is 0 Å². The summed E-state index contributed by atoms with van der Waals surface area (Å²) in [4.78, 5) is 10.8. The molecule has 10 heteroatoms. The van der Waals surface area contributed by atoms with Crippen molar-refractivity contribution in [3.63, 3.8) is 0 Å². The number of hydrogen-bond acceptors (Lipinski definition) is 8. The van der Waals surface area contributed by atoms with E-state index in [-0.39, 0.29) is 12.3 Å². The van der Waals surface area contributed by atoms with E-state index in [9.17, 15) is 10.1 Å². The van der Waals surface area contributed by atoms with Crippen LogP contribution >= 0.6 is 0 Å². The van der Waals surface area contributed by atoms with Crippen LogP contribution < -0.4 is 9.47 Å². The van der Waals surface area contributed by atoms with Gasteiger partial charge < -0.3 is 27.5 Å². The maximum Gasteiger partial charge on any atom is 0.500 e. The van der Waals surface area contributed by atoms with Crippen LogP contribution in [0.15, 0.2) is 12.1 Å². The molecule has 0 spiro atoms. The van der Waals surface area contributed by atoms with Gasteiger partial charge in [-0.1, -0.05) is 0 Å².